The van der Waals surface area contributed by atoms with Gasteiger partial charge in [-0.3, -0.25) is 4.90 Å². The fourth-order valence-corrected chi connectivity index (χ4v) is 8.29. The molecular weight excluding hydrogens is 662 g/mol. The quantitative estimate of drug-likeness (QED) is 0.231. The molecular formula is C32H30F6N6O3S. The Morgan fingerprint density at radius 2 is 2.02 bits per heavy atom. The molecule has 2 aromatic heterocycles. The van der Waals surface area contributed by atoms with Gasteiger partial charge in [0.15, 0.2) is 5.82 Å². The monoisotopic (exact) mass is 692 g/mol. The molecule has 0 spiro atoms. The number of morpholine rings is 1. The largest absolute Gasteiger partial charge is 0.461 e. The van der Waals surface area contributed by atoms with Gasteiger partial charge in [-0.25, -0.2) is 13.2 Å². The van der Waals surface area contributed by atoms with Crippen molar-refractivity contribution in [3.63, 3.8) is 0 Å². The zero-order valence-corrected chi connectivity index (χ0v) is 26.5. The summed E-state index contributed by atoms with van der Waals surface area (Å²) < 4.78 is 108. The summed E-state index contributed by atoms with van der Waals surface area (Å²) in [6.07, 6.45) is -4.81. The number of alkyl halides is 4. The van der Waals surface area contributed by atoms with Crippen LogP contribution in [-0.2, 0) is 15.7 Å². The van der Waals surface area contributed by atoms with Gasteiger partial charge in [0.25, 0.3) is 0 Å². The fourth-order valence-electron chi connectivity index (χ4n) is 7.34. The highest BCUT2D eigenvalue weighted by atomic mass is 32.1. The summed E-state index contributed by atoms with van der Waals surface area (Å²) in [6, 6.07) is 4.21. The van der Waals surface area contributed by atoms with Crippen LogP contribution in [0, 0.1) is 23.0 Å². The molecule has 7 rings (SSSR count). The van der Waals surface area contributed by atoms with E-state index in [1.54, 1.807) is 4.90 Å². The molecule has 0 bridgehead atoms. The molecule has 3 unspecified atom stereocenters. The van der Waals surface area contributed by atoms with E-state index in [9.17, 15) is 27.2 Å². The van der Waals surface area contributed by atoms with E-state index in [4.69, 9.17) is 19.9 Å². The number of nitrogens with two attached hydrogens (primary N) is 1. The summed E-state index contributed by atoms with van der Waals surface area (Å²) in [6.45, 7) is 1.75. The minimum Gasteiger partial charge on any atom is -0.461 e. The van der Waals surface area contributed by atoms with Crippen molar-refractivity contribution < 1.29 is 40.6 Å². The van der Waals surface area contributed by atoms with Gasteiger partial charge in [-0.2, -0.15) is 28.4 Å². The second-order valence-electron chi connectivity index (χ2n) is 12.3. The normalized spacial score (nSPS) is 23.2. The second-order valence-corrected chi connectivity index (χ2v) is 13.4. The highest BCUT2D eigenvalue weighted by Crippen LogP contribution is 2.48. The molecule has 5 heterocycles. The summed E-state index contributed by atoms with van der Waals surface area (Å²) in [7, 11) is 1.49. The van der Waals surface area contributed by atoms with Crippen molar-refractivity contribution in [2.75, 3.05) is 63.7 Å². The number of methoxy groups -OCH3 is 1. The Hall–Kier alpha value is -3.91. The minimum atomic E-state index is -5.09. The van der Waals surface area contributed by atoms with E-state index in [-0.39, 0.29) is 89.3 Å². The number of rotatable bonds is 7. The zero-order valence-electron chi connectivity index (χ0n) is 25.7. The lowest BCUT2D eigenvalue weighted by Crippen LogP contribution is -2.45. The number of fused-ring (bicyclic) bond motifs is 3. The molecule has 3 aliphatic heterocycles. The van der Waals surface area contributed by atoms with E-state index in [2.05, 4.69) is 9.97 Å². The molecule has 3 fully saturated rings. The van der Waals surface area contributed by atoms with Crippen LogP contribution in [0.2, 0.25) is 0 Å². The van der Waals surface area contributed by atoms with Crippen LogP contribution in [-0.4, -0.2) is 85.8 Å². The maximum Gasteiger partial charge on any atom is 0.417 e. The van der Waals surface area contributed by atoms with Gasteiger partial charge in [0.2, 0.25) is 0 Å². The Labute approximate surface area is 274 Å². The smallest absolute Gasteiger partial charge is 0.417 e. The first-order valence-electron chi connectivity index (χ1n) is 15.3. The van der Waals surface area contributed by atoms with Gasteiger partial charge < -0.3 is 24.8 Å². The summed E-state index contributed by atoms with van der Waals surface area (Å²) in [5.74, 6) is -2.18. The Balaban J connectivity index is 1.45. The fraction of sp³-hybridized carbons (Fsp3) is 0.469. The van der Waals surface area contributed by atoms with Crippen molar-refractivity contribution in [3.8, 4) is 23.2 Å². The first-order chi connectivity index (χ1) is 22.9. The lowest BCUT2D eigenvalue weighted by molar-refractivity contribution is -0.137. The number of anilines is 2. The lowest BCUT2D eigenvalue weighted by Gasteiger charge is -2.34. The molecule has 4 aromatic rings. The van der Waals surface area contributed by atoms with Gasteiger partial charge in [-0.15, -0.1) is 11.3 Å². The van der Waals surface area contributed by atoms with Gasteiger partial charge in [0.05, 0.1) is 40.7 Å². The number of hydrogen-bond acceptors (Lipinski definition) is 10. The molecule has 3 aliphatic rings. The number of benzene rings is 2. The molecule has 0 amide bonds. The van der Waals surface area contributed by atoms with E-state index in [0.29, 0.717) is 24.3 Å². The van der Waals surface area contributed by atoms with Gasteiger partial charge >= 0.3 is 12.2 Å². The van der Waals surface area contributed by atoms with Gasteiger partial charge in [0.1, 0.15) is 41.0 Å². The Morgan fingerprint density at radius 3 is 2.77 bits per heavy atom. The molecule has 9 nitrogen and oxygen atoms in total. The van der Waals surface area contributed by atoms with Gasteiger partial charge in [-0.1, -0.05) is 6.07 Å². The molecule has 2 N–H and O–H groups in total. The van der Waals surface area contributed by atoms with E-state index >= 15 is 4.39 Å². The topological polar surface area (TPSA) is 110 Å². The minimum absolute atomic E-state index is 0.00117. The maximum absolute atomic E-state index is 17.0. The van der Waals surface area contributed by atoms with Crippen molar-refractivity contribution in [2.24, 2.45) is 0 Å². The summed E-state index contributed by atoms with van der Waals surface area (Å²) in [5.41, 5.74) is 1.97. The first kappa shape index (κ1) is 32.6. The number of thiophene rings is 1. The summed E-state index contributed by atoms with van der Waals surface area (Å²) >= 11 is 0.687. The summed E-state index contributed by atoms with van der Waals surface area (Å²) in [4.78, 5) is 12.5. The molecule has 16 heteroatoms. The number of nitrogens with zero attached hydrogens (tertiary/aromatic N) is 5. The van der Waals surface area contributed by atoms with Crippen molar-refractivity contribution in [2.45, 2.75) is 43.3 Å². The average Bonchev–Trinajstić information content (AvgIpc) is 3.69. The summed E-state index contributed by atoms with van der Waals surface area (Å²) in [5, 5.41) is 9.22. The van der Waals surface area contributed by atoms with E-state index in [1.165, 1.54) is 7.11 Å². The van der Waals surface area contributed by atoms with Crippen molar-refractivity contribution in [1.29, 1.82) is 5.26 Å². The van der Waals surface area contributed by atoms with Gasteiger partial charge in [-0.05, 0) is 37.1 Å². The van der Waals surface area contributed by atoms with Crippen LogP contribution in [0.4, 0.5) is 37.2 Å². The standard InChI is InChI=1S/C32H30F6N6O3S/c1-45-14-17-13-43(7-8-46-17)29-19-9-21(32(36,37)38)24(18-3-4-22(34)27-23(18)20(11-39)28(40)48-27)25(35)26(19)41-30(42-29)47-15-31-5-2-6-44(31)12-16(33)10-31/h3-4,9,16-17H,2,5-8,10,12-15,40H2,1H3. The van der Waals surface area contributed by atoms with Crippen LogP contribution < -0.4 is 15.4 Å². The van der Waals surface area contributed by atoms with Crippen LogP contribution in [0.5, 0.6) is 6.01 Å². The van der Waals surface area contributed by atoms with Crippen LogP contribution in [0.15, 0.2) is 18.2 Å². The van der Waals surface area contributed by atoms with E-state index in [1.807, 2.05) is 11.0 Å². The lowest BCUT2D eigenvalue weighted by atomic mass is 9.92. The SMILES string of the molecule is COCC1CN(c2nc(OCC34CCCN3CC(F)C4)nc3c(F)c(-c4ccc(F)c5sc(N)c(C#N)c45)c(C(F)(F)F)cc23)CCO1. The highest BCUT2D eigenvalue weighted by molar-refractivity contribution is 7.23. The van der Waals surface area contributed by atoms with E-state index < -0.39 is 52.3 Å². The average molecular weight is 693 g/mol. The third-order valence-corrected chi connectivity index (χ3v) is 10.4. The Bertz CT molecular complexity index is 1950. The number of halogens is 6. The third-order valence-electron chi connectivity index (χ3n) is 9.42. The molecule has 3 atom stereocenters. The molecule has 48 heavy (non-hydrogen) atoms. The second kappa shape index (κ2) is 12.2. The number of ether oxygens (including phenoxy) is 3. The Morgan fingerprint density at radius 1 is 1.21 bits per heavy atom. The van der Waals surface area contributed by atoms with E-state index in [0.717, 1.165) is 24.6 Å². The predicted octanol–water partition coefficient (Wildman–Crippen LogP) is 6.07. The van der Waals surface area contributed by atoms with Crippen LogP contribution >= 0.6 is 11.3 Å². The molecule has 254 valence electrons. The van der Waals surface area contributed by atoms with Gasteiger partial charge in [0, 0.05) is 49.5 Å². The predicted molar refractivity (Wildman–Crippen MR) is 167 cm³/mol. The number of aromatic nitrogens is 2. The van der Waals surface area contributed by atoms with Crippen LogP contribution in [0.3, 0.4) is 0 Å². The first-order valence-corrected chi connectivity index (χ1v) is 16.2. The Kier molecular flexibility index (Phi) is 8.30. The molecule has 2 aromatic carbocycles. The number of nitrogen functional groups attached to an aromatic ring is 1. The van der Waals surface area contributed by atoms with Crippen LogP contribution in [0.1, 0.15) is 30.4 Å². The number of hydrogen-bond donors (Lipinski definition) is 1. The van der Waals surface area contributed by atoms with Crippen LogP contribution in [0.25, 0.3) is 32.1 Å². The number of nitriles is 1. The molecule has 3 saturated heterocycles. The molecule has 0 radical (unpaired) electrons. The highest BCUT2D eigenvalue weighted by Gasteiger charge is 2.49. The van der Waals surface area contributed by atoms with Crippen molar-refractivity contribution in [1.82, 2.24) is 14.9 Å². The third kappa shape index (κ3) is 5.46. The molecule has 0 aliphatic carbocycles. The van der Waals surface area contributed by atoms with Crippen molar-refractivity contribution >= 4 is 43.1 Å². The zero-order chi connectivity index (χ0) is 34.0. The maximum atomic E-state index is 17.0. The van der Waals surface area contributed by atoms with Crippen molar-refractivity contribution in [3.05, 3.63) is 41.0 Å². The molecule has 0 saturated carbocycles.